The molecule has 0 aliphatic heterocycles. The molecular weight excluding hydrogens is 318 g/mol. The van der Waals surface area contributed by atoms with Crippen molar-refractivity contribution in [1.82, 2.24) is 9.97 Å². The van der Waals surface area contributed by atoms with Crippen molar-refractivity contribution in [2.45, 2.75) is 13.3 Å². The molecule has 0 aliphatic rings. The Bertz CT molecular complexity index is 722. The minimum absolute atomic E-state index is 0.703. The summed E-state index contributed by atoms with van der Waals surface area (Å²) >= 11 is 3.37. The Morgan fingerprint density at radius 3 is 2.95 bits per heavy atom. The van der Waals surface area contributed by atoms with E-state index in [2.05, 4.69) is 37.3 Å². The molecule has 0 aliphatic carbocycles. The molecule has 102 valence electrons. The van der Waals surface area contributed by atoms with Gasteiger partial charge in [-0.1, -0.05) is 6.07 Å². The molecular formula is C15H14BrN3O. The molecule has 5 heteroatoms. The number of pyridine rings is 1. The van der Waals surface area contributed by atoms with Crippen LogP contribution in [0.5, 0.6) is 0 Å². The smallest absolute Gasteiger partial charge is 0.192 e. The molecule has 0 amide bonds. The molecule has 0 bridgehead atoms. The number of rotatable bonds is 4. The largest absolute Gasteiger partial charge is 0.441 e. The number of aryl methyl sites for hydroxylation is 1. The molecule has 20 heavy (non-hydrogen) atoms. The molecule has 2 heterocycles. The van der Waals surface area contributed by atoms with Crippen LogP contribution in [0.15, 0.2) is 45.4 Å². The van der Waals surface area contributed by atoms with E-state index in [1.807, 2.05) is 31.2 Å². The quantitative estimate of drug-likeness (QED) is 0.786. The van der Waals surface area contributed by atoms with Gasteiger partial charge in [0.25, 0.3) is 0 Å². The summed E-state index contributed by atoms with van der Waals surface area (Å²) in [6.45, 7) is 2.69. The van der Waals surface area contributed by atoms with E-state index >= 15 is 0 Å². The van der Waals surface area contributed by atoms with Crippen LogP contribution in [0.3, 0.4) is 0 Å². The van der Waals surface area contributed by atoms with Gasteiger partial charge in [0.1, 0.15) is 11.3 Å². The van der Waals surface area contributed by atoms with Crippen molar-refractivity contribution >= 4 is 32.8 Å². The summed E-state index contributed by atoms with van der Waals surface area (Å²) in [7, 11) is 0. The van der Waals surface area contributed by atoms with Gasteiger partial charge in [-0.3, -0.25) is 0 Å². The van der Waals surface area contributed by atoms with Crippen LogP contribution in [0.1, 0.15) is 11.5 Å². The zero-order valence-corrected chi connectivity index (χ0v) is 12.6. The standard InChI is InChI=1S/C15H14BrN3O/c1-10-19-13-4-2-11(8-14(13)20-10)6-7-17-15-5-3-12(16)9-18-15/h2-5,8-9H,6-7H2,1H3,(H,17,18). The summed E-state index contributed by atoms with van der Waals surface area (Å²) in [4.78, 5) is 8.57. The zero-order valence-electron chi connectivity index (χ0n) is 11.1. The first-order valence-electron chi connectivity index (χ1n) is 6.42. The molecule has 0 radical (unpaired) electrons. The van der Waals surface area contributed by atoms with Crippen LogP contribution in [0.25, 0.3) is 11.1 Å². The first-order chi connectivity index (χ1) is 9.70. The van der Waals surface area contributed by atoms with Crippen LogP contribution in [0.2, 0.25) is 0 Å². The molecule has 0 unspecified atom stereocenters. The Morgan fingerprint density at radius 2 is 2.15 bits per heavy atom. The van der Waals surface area contributed by atoms with Crippen LogP contribution in [0.4, 0.5) is 5.82 Å². The van der Waals surface area contributed by atoms with Crippen LogP contribution in [-0.4, -0.2) is 16.5 Å². The van der Waals surface area contributed by atoms with E-state index in [4.69, 9.17) is 4.42 Å². The van der Waals surface area contributed by atoms with Crippen molar-refractivity contribution in [3.05, 3.63) is 52.5 Å². The summed E-state index contributed by atoms with van der Waals surface area (Å²) in [5, 5.41) is 3.30. The summed E-state index contributed by atoms with van der Waals surface area (Å²) < 4.78 is 6.52. The van der Waals surface area contributed by atoms with Gasteiger partial charge < -0.3 is 9.73 Å². The Balaban J connectivity index is 1.63. The highest BCUT2D eigenvalue weighted by atomic mass is 79.9. The fourth-order valence-electron chi connectivity index (χ4n) is 2.06. The summed E-state index contributed by atoms with van der Waals surface area (Å²) in [6.07, 6.45) is 2.69. The van der Waals surface area contributed by atoms with E-state index in [0.717, 1.165) is 34.4 Å². The molecule has 2 aromatic heterocycles. The van der Waals surface area contributed by atoms with Gasteiger partial charge in [-0.2, -0.15) is 0 Å². The second-order valence-corrected chi connectivity index (χ2v) is 5.49. The molecule has 1 aromatic carbocycles. The second kappa shape index (κ2) is 5.63. The maximum Gasteiger partial charge on any atom is 0.192 e. The Morgan fingerprint density at radius 1 is 1.25 bits per heavy atom. The number of benzene rings is 1. The van der Waals surface area contributed by atoms with Gasteiger partial charge in [-0.05, 0) is 52.2 Å². The van der Waals surface area contributed by atoms with Crippen molar-refractivity contribution in [3.8, 4) is 0 Å². The third-order valence-electron chi connectivity index (χ3n) is 3.01. The molecule has 0 saturated carbocycles. The fourth-order valence-corrected chi connectivity index (χ4v) is 2.29. The third kappa shape index (κ3) is 2.99. The molecule has 4 nitrogen and oxygen atoms in total. The minimum atomic E-state index is 0.703. The Kier molecular flexibility index (Phi) is 3.69. The van der Waals surface area contributed by atoms with E-state index < -0.39 is 0 Å². The number of nitrogens with zero attached hydrogens (tertiary/aromatic N) is 2. The van der Waals surface area contributed by atoms with Gasteiger partial charge in [-0.25, -0.2) is 9.97 Å². The second-order valence-electron chi connectivity index (χ2n) is 4.57. The number of hydrogen-bond donors (Lipinski definition) is 1. The molecule has 3 aromatic rings. The predicted molar refractivity (Wildman–Crippen MR) is 82.9 cm³/mol. The van der Waals surface area contributed by atoms with Gasteiger partial charge in [-0.15, -0.1) is 0 Å². The average Bonchev–Trinajstić information content (AvgIpc) is 2.80. The normalized spacial score (nSPS) is 10.9. The highest BCUT2D eigenvalue weighted by Gasteiger charge is 2.03. The van der Waals surface area contributed by atoms with E-state index in [1.165, 1.54) is 5.56 Å². The third-order valence-corrected chi connectivity index (χ3v) is 3.48. The maximum absolute atomic E-state index is 5.54. The summed E-state index contributed by atoms with van der Waals surface area (Å²) in [5.41, 5.74) is 2.98. The van der Waals surface area contributed by atoms with E-state index in [1.54, 1.807) is 6.20 Å². The SMILES string of the molecule is Cc1nc2ccc(CCNc3ccc(Br)cn3)cc2o1. The molecule has 1 N–H and O–H groups in total. The summed E-state index contributed by atoms with van der Waals surface area (Å²) in [5.74, 6) is 1.58. The number of fused-ring (bicyclic) bond motifs is 1. The molecule has 0 fully saturated rings. The minimum Gasteiger partial charge on any atom is -0.441 e. The van der Waals surface area contributed by atoms with Crippen LogP contribution in [0, 0.1) is 6.92 Å². The van der Waals surface area contributed by atoms with E-state index in [-0.39, 0.29) is 0 Å². The van der Waals surface area contributed by atoms with Crippen LogP contribution < -0.4 is 5.32 Å². The average molecular weight is 332 g/mol. The molecule has 0 atom stereocenters. The van der Waals surface area contributed by atoms with Crippen molar-refractivity contribution in [1.29, 1.82) is 0 Å². The lowest BCUT2D eigenvalue weighted by molar-refractivity contribution is 0.560. The van der Waals surface area contributed by atoms with Gasteiger partial charge in [0, 0.05) is 24.1 Å². The van der Waals surface area contributed by atoms with E-state index in [0.29, 0.717) is 5.89 Å². The lowest BCUT2D eigenvalue weighted by atomic mass is 10.1. The zero-order chi connectivity index (χ0) is 13.9. The first kappa shape index (κ1) is 13.1. The number of oxazole rings is 1. The number of nitrogens with one attached hydrogen (secondary N) is 1. The highest BCUT2D eigenvalue weighted by molar-refractivity contribution is 9.10. The monoisotopic (exact) mass is 331 g/mol. The van der Waals surface area contributed by atoms with Crippen molar-refractivity contribution in [2.24, 2.45) is 0 Å². The van der Waals surface area contributed by atoms with Gasteiger partial charge in [0.05, 0.1) is 0 Å². The molecule has 3 rings (SSSR count). The highest BCUT2D eigenvalue weighted by Crippen LogP contribution is 2.17. The topological polar surface area (TPSA) is 51.0 Å². The first-order valence-corrected chi connectivity index (χ1v) is 7.21. The van der Waals surface area contributed by atoms with Gasteiger partial charge >= 0.3 is 0 Å². The van der Waals surface area contributed by atoms with Crippen molar-refractivity contribution in [3.63, 3.8) is 0 Å². The van der Waals surface area contributed by atoms with Gasteiger partial charge in [0.2, 0.25) is 0 Å². The van der Waals surface area contributed by atoms with E-state index in [9.17, 15) is 0 Å². The lowest BCUT2D eigenvalue weighted by Gasteiger charge is -2.05. The fraction of sp³-hybridized carbons (Fsp3) is 0.200. The number of aromatic nitrogens is 2. The van der Waals surface area contributed by atoms with Crippen LogP contribution in [-0.2, 0) is 6.42 Å². The molecule has 0 saturated heterocycles. The molecule has 0 spiro atoms. The Labute approximate surface area is 125 Å². The van der Waals surface area contributed by atoms with Crippen molar-refractivity contribution in [2.75, 3.05) is 11.9 Å². The number of anilines is 1. The van der Waals surface area contributed by atoms with Crippen LogP contribution >= 0.6 is 15.9 Å². The number of hydrogen-bond acceptors (Lipinski definition) is 4. The maximum atomic E-state index is 5.54. The lowest BCUT2D eigenvalue weighted by Crippen LogP contribution is -2.05. The number of halogens is 1. The van der Waals surface area contributed by atoms with Gasteiger partial charge in [0.15, 0.2) is 11.5 Å². The Hall–Kier alpha value is -1.88. The predicted octanol–water partition coefficient (Wildman–Crippen LogP) is 3.95. The summed E-state index contributed by atoms with van der Waals surface area (Å²) in [6, 6.07) is 10.1. The van der Waals surface area contributed by atoms with Crippen molar-refractivity contribution < 1.29 is 4.42 Å².